The number of rotatable bonds is 3. The zero-order chi connectivity index (χ0) is 9.97. The summed E-state index contributed by atoms with van der Waals surface area (Å²) in [5.41, 5.74) is 0. The van der Waals surface area contributed by atoms with E-state index < -0.39 is 0 Å². The number of ether oxygens (including phenoxy) is 1. The van der Waals surface area contributed by atoms with Gasteiger partial charge in [-0.25, -0.2) is 0 Å². The minimum absolute atomic E-state index is 0.342. The molecular formula is C11H20ClNO. The van der Waals surface area contributed by atoms with Crippen LogP contribution in [-0.4, -0.2) is 30.2 Å². The summed E-state index contributed by atoms with van der Waals surface area (Å²) >= 11 is 6.19. The molecule has 2 fully saturated rings. The Balaban J connectivity index is 1.67. The highest BCUT2D eigenvalue weighted by molar-refractivity contribution is 6.21. The van der Waals surface area contributed by atoms with Crippen molar-refractivity contribution in [3.8, 4) is 0 Å². The van der Waals surface area contributed by atoms with E-state index in [-0.39, 0.29) is 0 Å². The molecule has 1 aliphatic carbocycles. The van der Waals surface area contributed by atoms with Gasteiger partial charge in [0.15, 0.2) is 0 Å². The molecule has 3 heteroatoms. The molecule has 4 unspecified atom stereocenters. The van der Waals surface area contributed by atoms with E-state index in [9.17, 15) is 0 Å². The molecule has 0 spiro atoms. The van der Waals surface area contributed by atoms with Crippen molar-refractivity contribution in [2.75, 3.05) is 6.54 Å². The second-order valence-electron chi connectivity index (χ2n) is 4.61. The van der Waals surface area contributed by atoms with Gasteiger partial charge in [0.1, 0.15) is 0 Å². The molecule has 1 N–H and O–H groups in total. The molecule has 2 aliphatic rings. The Morgan fingerprint density at radius 2 is 2.14 bits per heavy atom. The maximum absolute atomic E-state index is 6.19. The number of alkyl halides is 1. The van der Waals surface area contributed by atoms with Crippen molar-refractivity contribution in [1.82, 2.24) is 5.32 Å². The van der Waals surface area contributed by atoms with Crippen molar-refractivity contribution in [2.45, 2.75) is 62.7 Å². The standard InChI is InChI=1S/C11H20ClNO/c1-8-5-6-9(14-8)7-13-11-4-2-3-10(11)12/h8-11,13H,2-7H2,1H3. The van der Waals surface area contributed by atoms with Crippen LogP contribution in [-0.2, 0) is 4.74 Å². The fourth-order valence-corrected chi connectivity index (χ4v) is 2.83. The second kappa shape index (κ2) is 4.82. The third kappa shape index (κ3) is 2.62. The first kappa shape index (κ1) is 10.7. The lowest BCUT2D eigenvalue weighted by atomic mass is 10.2. The number of nitrogens with one attached hydrogen (secondary N) is 1. The normalized spacial score (nSPS) is 43.3. The molecule has 82 valence electrons. The highest BCUT2D eigenvalue weighted by Gasteiger charge is 2.27. The SMILES string of the molecule is CC1CCC(CNC2CCCC2Cl)O1. The van der Waals surface area contributed by atoms with E-state index in [1.165, 1.54) is 32.1 Å². The van der Waals surface area contributed by atoms with Gasteiger partial charge in [-0.3, -0.25) is 0 Å². The van der Waals surface area contributed by atoms with Crippen molar-refractivity contribution < 1.29 is 4.74 Å². The van der Waals surface area contributed by atoms with E-state index in [4.69, 9.17) is 16.3 Å². The van der Waals surface area contributed by atoms with Crippen LogP contribution in [0.15, 0.2) is 0 Å². The maximum atomic E-state index is 6.19. The lowest BCUT2D eigenvalue weighted by Gasteiger charge is -2.19. The third-order valence-corrected chi connectivity index (χ3v) is 3.88. The highest BCUT2D eigenvalue weighted by atomic mass is 35.5. The van der Waals surface area contributed by atoms with Gasteiger partial charge in [-0.15, -0.1) is 11.6 Å². The van der Waals surface area contributed by atoms with Gasteiger partial charge in [-0.2, -0.15) is 0 Å². The molecule has 0 amide bonds. The van der Waals surface area contributed by atoms with E-state index >= 15 is 0 Å². The van der Waals surface area contributed by atoms with E-state index in [2.05, 4.69) is 12.2 Å². The zero-order valence-corrected chi connectivity index (χ0v) is 9.59. The highest BCUT2D eigenvalue weighted by Crippen LogP contribution is 2.25. The molecule has 0 aromatic rings. The summed E-state index contributed by atoms with van der Waals surface area (Å²) in [4.78, 5) is 0. The zero-order valence-electron chi connectivity index (χ0n) is 8.84. The quantitative estimate of drug-likeness (QED) is 0.733. The first-order chi connectivity index (χ1) is 6.75. The van der Waals surface area contributed by atoms with Crippen LogP contribution in [0, 0.1) is 0 Å². The average Bonchev–Trinajstić information content (AvgIpc) is 2.72. The van der Waals surface area contributed by atoms with Crippen LogP contribution in [0.25, 0.3) is 0 Å². The van der Waals surface area contributed by atoms with Crippen LogP contribution in [0.3, 0.4) is 0 Å². The van der Waals surface area contributed by atoms with Crippen molar-refractivity contribution in [2.24, 2.45) is 0 Å². The summed E-state index contributed by atoms with van der Waals surface area (Å²) in [6.45, 7) is 3.14. The predicted molar refractivity (Wildman–Crippen MR) is 58.9 cm³/mol. The molecule has 0 bridgehead atoms. The number of hydrogen-bond acceptors (Lipinski definition) is 2. The summed E-state index contributed by atoms with van der Waals surface area (Å²) in [7, 11) is 0. The van der Waals surface area contributed by atoms with Gasteiger partial charge >= 0.3 is 0 Å². The van der Waals surface area contributed by atoms with Crippen LogP contribution < -0.4 is 5.32 Å². The molecule has 1 saturated heterocycles. The van der Waals surface area contributed by atoms with Gasteiger partial charge in [0.25, 0.3) is 0 Å². The number of hydrogen-bond donors (Lipinski definition) is 1. The van der Waals surface area contributed by atoms with Gasteiger partial charge in [0, 0.05) is 18.0 Å². The third-order valence-electron chi connectivity index (χ3n) is 3.36. The van der Waals surface area contributed by atoms with Crippen LogP contribution >= 0.6 is 11.6 Å². The minimum atomic E-state index is 0.342. The Morgan fingerprint density at radius 1 is 1.29 bits per heavy atom. The first-order valence-corrected chi connectivity index (χ1v) is 6.22. The second-order valence-corrected chi connectivity index (χ2v) is 5.17. The lowest BCUT2D eigenvalue weighted by Crippen LogP contribution is -2.38. The molecular weight excluding hydrogens is 198 g/mol. The van der Waals surface area contributed by atoms with Crippen LogP contribution in [0.2, 0.25) is 0 Å². The smallest absolute Gasteiger partial charge is 0.0704 e. The molecule has 4 atom stereocenters. The largest absolute Gasteiger partial charge is 0.374 e. The molecule has 1 saturated carbocycles. The summed E-state index contributed by atoms with van der Waals surface area (Å²) in [6.07, 6.45) is 6.96. The van der Waals surface area contributed by atoms with Crippen LogP contribution in [0.4, 0.5) is 0 Å². The summed E-state index contributed by atoms with van der Waals surface area (Å²) in [6, 6.07) is 0.524. The van der Waals surface area contributed by atoms with Crippen molar-refractivity contribution in [3.05, 3.63) is 0 Å². The molecule has 14 heavy (non-hydrogen) atoms. The van der Waals surface area contributed by atoms with E-state index in [0.29, 0.717) is 23.6 Å². The first-order valence-electron chi connectivity index (χ1n) is 5.78. The van der Waals surface area contributed by atoms with E-state index in [1.54, 1.807) is 0 Å². The topological polar surface area (TPSA) is 21.3 Å². The summed E-state index contributed by atoms with van der Waals surface area (Å²) in [5, 5.41) is 3.88. The minimum Gasteiger partial charge on any atom is -0.374 e. The van der Waals surface area contributed by atoms with E-state index in [1.807, 2.05) is 0 Å². The monoisotopic (exact) mass is 217 g/mol. The molecule has 1 heterocycles. The Hall–Kier alpha value is 0.210. The van der Waals surface area contributed by atoms with Crippen molar-refractivity contribution >= 4 is 11.6 Å². The van der Waals surface area contributed by atoms with Crippen LogP contribution in [0.5, 0.6) is 0 Å². The molecule has 0 radical (unpaired) electrons. The Morgan fingerprint density at radius 3 is 2.71 bits per heavy atom. The summed E-state index contributed by atoms with van der Waals surface area (Å²) < 4.78 is 5.75. The molecule has 0 aromatic carbocycles. The van der Waals surface area contributed by atoms with Crippen LogP contribution in [0.1, 0.15) is 39.0 Å². The average molecular weight is 218 g/mol. The fourth-order valence-electron chi connectivity index (χ4n) is 2.46. The molecule has 1 aliphatic heterocycles. The maximum Gasteiger partial charge on any atom is 0.0704 e. The molecule has 2 rings (SSSR count). The van der Waals surface area contributed by atoms with E-state index in [0.717, 1.165) is 6.54 Å². The fraction of sp³-hybridized carbons (Fsp3) is 1.00. The Bertz CT molecular complexity index is 188. The van der Waals surface area contributed by atoms with Crippen molar-refractivity contribution in [1.29, 1.82) is 0 Å². The molecule has 2 nitrogen and oxygen atoms in total. The lowest BCUT2D eigenvalue weighted by molar-refractivity contribution is 0.0545. The summed E-state index contributed by atoms with van der Waals surface area (Å²) in [5.74, 6) is 0. The Kier molecular flexibility index (Phi) is 3.69. The van der Waals surface area contributed by atoms with Crippen molar-refractivity contribution in [3.63, 3.8) is 0 Å². The predicted octanol–water partition coefficient (Wildman–Crippen LogP) is 2.30. The van der Waals surface area contributed by atoms with Gasteiger partial charge in [0.05, 0.1) is 12.2 Å². The van der Waals surface area contributed by atoms with Gasteiger partial charge < -0.3 is 10.1 Å². The Labute approximate surface area is 91.3 Å². The number of halogens is 1. The van der Waals surface area contributed by atoms with Gasteiger partial charge in [-0.05, 0) is 32.6 Å². The molecule has 0 aromatic heterocycles. The van der Waals surface area contributed by atoms with Gasteiger partial charge in [0.2, 0.25) is 0 Å². The van der Waals surface area contributed by atoms with Gasteiger partial charge in [-0.1, -0.05) is 6.42 Å².